The van der Waals surface area contributed by atoms with Crippen molar-refractivity contribution in [2.45, 2.75) is 52.0 Å². The second-order valence-electron chi connectivity index (χ2n) is 7.77. The minimum absolute atomic E-state index is 0. The van der Waals surface area contributed by atoms with Crippen LogP contribution in [0.3, 0.4) is 0 Å². The molecule has 1 aliphatic carbocycles. The van der Waals surface area contributed by atoms with Gasteiger partial charge in [-0.25, -0.2) is 4.79 Å². The van der Waals surface area contributed by atoms with E-state index in [1.54, 1.807) is 0 Å². The molecule has 0 amide bonds. The lowest BCUT2D eigenvalue weighted by molar-refractivity contribution is -0.147. The van der Waals surface area contributed by atoms with Crippen LogP contribution >= 0.6 is 12.4 Å². The normalized spacial score (nSPS) is 26.5. The second kappa shape index (κ2) is 10.8. The Bertz CT molecular complexity index is 648. The van der Waals surface area contributed by atoms with Crippen LogP contribution in [0.1, 0.15) is 55.5 Å². The largest absolute Gasteiger partial charge is 0.465 e. The third kappa shape index (κ3) is 5.71. The lowest BCUT2D eigenvalue weighted by atomic mass is 9.68. The van der Waals surface area contributed by atoms with E-state index in [1.807, 2.05) is 38.1 Å². The molecule has 156 valence electrons. The molecular weight excluding hydrogens is 378 g/mol. The predicted molar refractivity (Wildman–Crippen MR) is 111 cm³/mol. The van der Waals surface area contributed by atoms with Crippen LogP contribution in [0.25, 0.3) is 0 Å². The highest BCUT2D eigenvalue weighted by molar-refractivity contribution is 5.89. The fourth-order valence-electron chi connectivity index (χ4n) is 4.59. The average Bonchev–Trinajstić information content (AvgIpc) is 2.68. The first kappa shape index (κ1) is 22.7. The highest BCUT2D eigenvalue weighted by Crippen LogP contribution is 2.39. The van der Waals surface area contributed by atoms with Gasteiger partial charge in [-0.2, -0.15) is 0 Å². The number of fused-ring (bicyclic) bond motifs is 1. The van der Waals surface area contributed by atoms with E-state index in [0.29, 0.717) is 36.5 Å². The van der Waals surface area contributed by atoms with Crippen molar-refractivity contribution in [3.8, 4) is 0 Å². The predicted octanol–water partition coefficient (Wildman–Crippen LogP) is 3.79. The molecule has 5 nitrogen and oxygen atoms in total. The molecule has 1 N–H and O–H groups in total. The first-order chi connectivity index (χ1) is 13.1. The van der Waals surface area contributed by atoms with Crippen molar-refractivity contribution < 1.29 is 19.1 Å². The zero-order valence-corrected chi connectivity index (χ0v) is 17.6. The zero-order valence-electron chi connectivity index (χ0n) is 16.8. The number of carbonyl (C=O) groups excluding carboxylic acids is 2. The lowest BCUT2D eigenvalue weighted by Gasteiger charge is -2.42. The highest BCUT2D eigenvalue weighted by Gasteiger charge is 2.38. The molecule has 1 aromatic carbocycles. The SMILES string of the molecule is CCOC(=O)c1ccc(C[C@H]2CC[C@H]3CN[C@H](C(=O)OCC)C[C@H]3C2)cc1.Cl. The number of carbonyl (C=O) groups is 2. The molecular formula is C22H32ClNO4. The zero-order chi connectivity index (χ0) is 19.2. The van der Waals surface area contributed by atoms with Gasteiger partial charge in [-0.15, -0.1) is 12.4 Å². The van der Waals surface area contributed by atoms with Crippen molar-refractivity contribution in [2.24, 2.45) is 17.8 Å². The van der Waals surface area contributed by atoms with Crippen LogP contribution in [0.5, 0.6) is 0 Å². The third-order valence-electron chi connectivity index (χ3n) is 5.97. The monoisotopic (exact) mass is 409 g/mol. The Hall–Kier alpha value is -1.59. The summed E-state index contributed by atoms with van der Waals surface area (Å²) in [6.45, 7) is 5.43. The van der Waals surface area contributed by atoms with Crippen molar-refractivity contribution >= 4 is 24.3 Å². The van der Waals surface area contributed by atoms with Crippen molar-refractivity contribution in [3.63, 3.8) is 0 Å². The van der Waals surface area contributed by atoms with E-state index >= 15 is 0 Å². The molecule has 3 rings (SSSR count). The summed E-state index contributed by atoms with van der Waals surface area (Å²) in [5.74, 6) is 1.55. The van der Waals surface area contributed by atoms with Gasteiger partial charge in [-0.05, 0) is 87.9 Å². The van der Waals surface area contributed by atoms with Crippen LogP contribution in [0.4, 0.5) is 0 Å². The van der Waals surface area contributed by atoms with E-state index < -0.39 is 0 Å². The quantitative estimate of drug-likeness (QED) is 0.724. The molecule has 0 spiro atoms. The molecule has 1 saturated carbocycles. The number of nitrogens with one attached hydrogen (secondary N) is 1. The van der Waals surface area contributed by atoms with Crippen LogP contribution < -0.4 is 5.32 Å². The van der Waals surface area contributed by atoms with Gasteiger partial charge in [0.05, 0.1) is 18.8 Å². The Balaban J connectivity index is 0.00000280. The second-order valence-corrected chi connectivity index (χ2v) is 7.77. The van der Waals surface area contributed by atoms with Gasteiger partial charge < -0.3 is 14.8 Å². The van der Waals surface area contributed by atoms with Crippen molar-refractivity contribution in [3.05, 3.63) is 35.4 Å². The fraction of sp³-hybridized carbons (Fsp3) is 0.636. The molecule has 4 atom stereocenters. The summed E-state index contributed by atoms with van der Waals surface area (Å²) in [5, 5.41) is 3.38. The number of benzene rings is 1. The van der Waals surface area contributed by atoms with E-state index in [9.17, 15) is 9.59 Å². The number of rotatable bonds is 6. The molecule has 28 heavy (non-hydrogen) atoms. The van der Waals surface area contributed by atoms with Gasteiger partial charge in [-0.3, -0.25) is 4.79 Å². The Morgan fingerprint density at radius 3 is 2.39 bits per heavy atom. The van der Waals surface area contributed by atoms with Gasteiger partial charge in [0, 0.05) is 0 Å². The van der Waals surface area contributed by atoms with Crippen LogP contribution in [0, 0.1) is 17.8 Å². The van der Waals surface area contributed by atoms with E-state index in [0.717, 1.165) is 19.4 Å². The number of ether oxygens (including phenoxy) is 2. The standard InChI is InChI=1S/C22H31NO4.ClH/c1-3-26-21(24)17-8-5-15(6-9-17)11-16-7-10-18-14-23-20(13-19(18)12-16)22(25)27-4-2;/h5-6,8-9,16,18-20,23H,3-4,7,10-14H2,1-2H3;1H/t16-,18+,19-,20+;/m1./s1. The number of esters is 2. The smallest absolute Gasteiger partial charge is 0.338 e. The molecule has 2 aliphatic rings. The number of hydrogen-bond donors (Lipinski definition) is 1. The lowest BCUT2D eigenvalue weighted by Crippen LogP contribution is -2.50. The molecule has 0 unspecified atom stereocenters. The van der Waals surface area contributed by atoms with E-state index in [4.69, 9.17) is 9.47 Å². The Labute approximate surface area is 174 Å². The highest BCUT2D eigenvalue weighted by atomic mass is 35.5. The first-order valence-electron chi connectivity index (χ1n) is 10.3. The van der Waals surface area contributed by atoms with Crippen LogP contribution in [0.15, 0.2) is 24.3 Å². The number of piperidine rings is 1. The minimum atomic E-state index is -0.260. The van der Waals surface area contributed by atoms with Crippen LogP contribution in [0.2, 0.25) is 0 Å². The number of halogens is 1. The molecule has 2 fully saturated rings. The molecule has 0 bridgehead atoms. The Kier molecular flexibility index (Phi) is 8.77. The molecule has 6 heteroatoms. The van der Waals surface area contributed by atoms with Gasteiger partial charge >= 0.3 is 11.9 Å². The maximum Gasteiger partial charge on any atom is 0.338 e. The van der Waals surface area contributed by atoms with E-state index in [-0.39, 0.29) is 30.4 Å². The first-order valence-corrected chi connectivity index (χ1v) is 10.3. The van der Waals surface area contributed by atoms with E-state index in [1.165, 1.54) is 24.8 Å². The molecule has 1 saturated heterocycles. The van der Waals surface area contributed by atoms with Crippen LogP contribution in [-0.2, 0) is 20.7 Å². The summed E-state index contributed by atoms with van der Waals surface area (Å²) in [5.41, 5.74) is 1.88. The maximum atomic E-state index is 12.1. The van der Waals surface area contributed by atoms with Gasteiger partial charge in [0.1, 0.15) is 6.04 Å². The molecule has 1 heterocycles. The fourth-order valence-corrected chi connectivity index (χ4v) is 4.59. The summed E-state index contributed by atoms with van der Waals surface area (Å²) in [6.07, 6.45) is 5.54. The van der Waals surface area contributed by atoms with E-state index in [2.05, 4.69) is 5.32 Å². The summed E-state index contributed by atoms with van der Waals surface area (Å²) in [7, 11) is 0. The summed E-state index contributed by atoms with van der Waals surface area (Å²) in [6, 6.07) is 7.67. The average molecular weight is 410 g/mol. The summed E-state index contributed by atoms with van der Waals surface area (Å²) < 4.78 is 10.2. The van der Waals surface area contributed by atoms with Crippen molar-refractivity contribution in [2.75, 3.05) is 19.8 Å². The molecule has 0 aromatic heterocycles. The summed E-state index contributed by atoms with van der Waals surface area (Å²) >= 11 is 0. The topological polar surface area (TPSA) is 64.6 Å². The molecule has 0 radical (unpaired) electrons. The Morgan fingerprint density at radius 2 is 1.71 bits per heavy atom. The van der Waals surface area contributed by atoms with Gasteiger partial charge in [0.15, 0.2) is 0 Å². The maximum absolute atomic E-state index is 12.1. The molecule has 1 aromatic rings. The van der Waals surface area contributed by atoms with Gasteiger partial charge in [-0.1, -0.05) is 12.1 Å². The van der Waals surface area contributed by atoms with Gasteiger partial charge in [0.25, 0.3) is 0 Å². The van der Waals surface area contributed by atoms with Crippen LogP contribution in [-0.4, -0.2) is 37.7 Å². The molecule has 1 aliphatic heterocycles. The van der Waals surface area contributed by atoms with Crippen molar-refractivity contribution in [1.82, 2.24) is 5.32 Å². The van der Waals surface area contributed by atoms with Gasteiger partial charge in [0.2, 0.25) is 0 Å². The summed E-state index contributed by atoms with van der Waals surface area (Å²) in [4.78, 5) is 23.8. The van der Waals surface area contributed by atoms with Crippen molar-refractivity contribution in [1.29, 1.82) is 0 Å². The Morgan fingerprint density at radius 1 is 1.00 bits per heavy atom. The third-order valence-corrected chi connectivity index (χ3v) is 5.97. The minimum Gasteiger partial charge on any atom is -0.465 e. The number of hydrogen-bond acceptors (Lipinski definition) is 5.